The number of aromatic nitrogens is 6. The summed E-state index contributed by atoms with van der Waals surface area (Å²) in [5.41, 5.74) is 25.6. The summed E-state index contributed by atoms with van der Waals surface area (Å²) >= 11 is 0. The molecule has 0 saturated carbocycles. The first-order chi connectivity index (χ1) is 51.0. The number of aryl methyl sites for hydroxylation is 1. The Morgan fingerprint density at radius 3 is 0.880 bits per heavy atom. The molecule has 10 heteroatoms. The molecular formula is C98H80Ir4N6-6. The fourth-order valence-corrected chi connectivity index (χ4v) is 11.0. The molecule has 10 aromatic carbocycles. The zero-order chi connectivity index (χ0) is 72.0. The van der Waals surface area contributed by atoms with E-state index in [1.165, 1.54) is 61.2 Å². The van der Waals surface area contributed by atoms with Crippen LogP contribution in [0, 0.1) is 43.3 Å². The van der Waals surface area contributed by atoms with Gasteiger partial charge >= 0.3 is 0 Å². The van der Waals surface area contributed by atoms with Crippen molar-refractivity contribution < 1.29 is 80.4 Å². The molecule has 16 aromatic rings. The molecule has 0 atom stereocenters. The first kappa shape index (κ1) is 85.0. The maximum absolute atomic E-state index is 4.53. The molecule has 16 rings (SSSR count). The maximum atomic E-state index is 4.53. The minimum Gasteiger partial charge on any atom is -0.305 e. The molecule has 0 aliphatic heterocycles. The van der Waals surface area contributed by atoms with Crippen molar-refractivity contribution in [3.05, 3.63) is 424 Å². The molecule has 0 aliphatic carbocycles. The van der Waals surface area contributed by atoms with Gasteiger partial charge in [-0.05, 0) is 122 Å². The van der Waals surface area contributed by atoms with E-state index in [4.69, 9.17) is 0 Å². The van der Waals surface area contributed by atoms with E-state index in [9.17, 15) is 0 Å². The van der Waals surface area contributed by atoms with E-state index in [0.717, 1.165) is 67.5 Å². The molecule has 544 valence electrons. The van der Waals surface area contributed by atoms with Crippen LogP contribution in [0.1, 0.15) is 57.2 Å². The maximum Gasteiger partial charge on any atom is 0.0190 e. The van der Waals surface area contributed by atoms with E-state index in [1.54, 1.807) is 18.6 Å². The van der Waals surface area contributed by atoms with E-state index < -0.39 is 0 Å². The van der Waals surface area contributed by atoms with Gasteiger partial charge in [-0.2, -0.15) is 0 Å². The average molecular weight is 2110 g/mol. The number of rotatable bonds is 11. The monoisotopic (exact) mass is 2110 g/mol. The predicted molar refractivity (Wildman–Crippen MR) is 430 cm³/mol. The van der Waals surface area contributed by atoms with Gasteiger partial charge in [-0.25, -0.2) is 0 Å². The summed E-state index contributed by atoms with van der Waals surface area (Å²) in [7, 11) is 0. The van der Waals surface area contributed by atoms with Crippen LogP contribution in [-0.4, -0.2) is 29.9 Å². The van der Waals surface area contributed by atoms with Crippen molar-refractivity contribution in [2.45, 2.75) is 52.9 Å². The van der Waals surface area contributed by atoms with Crippen molar-refractivity contribution in [2.24, 2.45) is 0 Å². The van der Waals surface area contributed by atoms with Crippen LogP contribution in [0.15, 0.2) is 371 Å². The molecule has 0 fully saturated rings. The fourth-order valence-electron chi connectivity index (χ4n) is 11.0. The average Bonchev–Trinajstić information content (AvgIpc) is 0.835. The molecule has 0 amide bonds. The van der Waals surface area contributed by atoms with E-state index >= 15 is 0 Å². The second-order valence-corrected chi connectivity index (χ2v) is 25.7. The molecule has 0 bridgehead atoms. The van der Waals surface area contributed by atoms with Gasteiger partial charge in [-0.15, -0.1) is 213 Å². The van der Waals surface area contributed by atoms with Gasteiger partial charge in [0.1, 0.15) is 0 Å². The van der Waals surface area contributed by atoms with Crippen molar-refractivity contribution >= 4 is 0 Å². The van der Waals surface area contributed by atoms with Crippen LogP contribution in [0.3, 0.4) is 0 Å². The van der Waals surface area contributed by atoms with Gasteiger partial charge in [0.15, 0.2) is 0 Å². The minimum absolute atomic E-state index is 0. The quantitative estimate of drug-likeness (QED) is 0.120. The summed E-state index contributed by atoms with van der Waals surface area (Å²) in [4.78, 5) is 26.2. The normalized spacial score (nSPS) is 10.1. The van der Waals surface area contributed by atoms with Crippen molar-refractivity contribution in [1.29, 1.82) is 0 Å². The van der Waals surface area contributed by atoms with E-state index in [-0.39, 0.29) is 85.8 Å². The smallest absolute Gasteiger partial charge is 0.0190 e. The first-order valence-electron chi connectivity index (χ1n) is 34.8. The number of benzene rings is 10. The number of hydrogen-bond donors (Lipinski definition) is 0. The summed E-state index contributed by atoms with van der Waals surface area (Å²) in [5.74, 6) is 0.562. The zero-order valence-electron chi connectivity index (χ0n) is 60.8. The van der Waals surface area contributed by atoms with Crippen LogP contribution >= 0.6 is 0 Å². The third-order valence-corrected chi connectivity index (χ3v) is 16.7. The molecule has 4 radical (unpaired) electrons. The first-order valence-corrected chi connectivity index (χ1v) is 34.8. The Kier molecular flexibility index (Phi) is 35.2. The second-order valence-electron chi connectivity index (χ2n) is 25.7. The number of pyridine rings is 6. The van der Waals surface area contributed by atoms with Gasteiger partial charge in [-0.3, -0.25) is 0 Å². The van der Waals surface area contributed by atoms with Gasteiger partial charge in [0.05, 0.1) is 0 Å². The van der Waals surface area contributed by atoms with Crippen LogP contribution in [0.5, 0.6) is 0 Å². The molecule has 108 heavy (non-hydrogen) atoms. The largest absolute Gasteiger partial charge is 0.305 e. The molecular weight excluding hydrogens is 2030 g/mol. The summed E-state index contributed by atoms with van der Waals surface area (Å²) in [5, 5.41) is 0. The van der Waals surface area contributed by atoms with Crippen molar-refractivity contribution in [2.75, 3.05) is 0 Å². The zero-order valence-corrected chi connectivity index (χ0v) is 70.4. The Balaban J connectivity index is 0.000000181. The van der Waals surface area contributed by atoms with Crippen LogP contribution in [0.2, 0.25) is 0 Å². The molecule has 6 aromatic heterocycles. The van der Waals surface area contributed by atoms with E-state index in [2.05, 4.69) is 253 Å². The fraction of sp³-hybridized carbons (Fsp3) is 0.0816. The standard InChI is InChI=1S/C21H20N.C20H18N.C18H14N.C17H12N.2C11H8N.4Ir/c1-21(2,3)19-12-13-22-20(15-19)18-11-7-10-17(14-18)16-8-5-4-6-9-16;1-15(2)16-9-11-17(12-10-16)18-6-5-7-19(14-18)20-8-3-4-13-21-20;1-14-10-11-18(19-13-14)17-9-5-8-16(12-17)15-6-3-2-4-7-15;1-2-7-14(8-3-1)15-9-6-10-16(13-15)17-11-4-5-12-18-17;2*1-2-6-10(7-3-1)11-8-4-5-9-12-11;;;;/h4-10,12-15H,1-3H3;3-6,8-15H,1-2H3;2-8,10-13H,1H3;1-9,11-13H;2*1-6,8-9H;;;;/q6*-1;;;;. The molecule has 0 saturated heterocycles. The number of nitrogens with zero attached hydrogens (tertiary/aromatic N) is 6. The van der Waals surface area contributed by atoms with Crippen molar-refractivity contribution in [3.63, 3.8) is 0 Å². The second kappa shape index (κ2) is 44.7. The third-order valence-electron chi connectivity index (χ3n) is 16.7. The Bertz CT molecular complexity index is 4960. The van der Waals surface area contributed by atoms with Crippen LogP contribution in [-0.2, 0) is 85.8 Å². The van der Waals surface area contributed by atoms with Gasteiger partial charge < -0.3 is 29.9 Å². The van der Waals surface area contributed by atoms with Gasteiger partial charge in [0, 0.05) is 118 Å². The van der Waals surface area contributed by atoms with Crippen LogP contribution in [0.4, 0.5) is 0 Å². The molecule has 6 nitrogen and oxygen atoms in total. The van der Waals surface area contributed by atoms with Gasteiger partial charge in [0.25, 0.3) is 0 Å². The summed E-state index contributed by atoms with van der Waals surface area (Å²) in [6.07, 6.45) is 11.0. The summed E-state index contributed by atoms with van der Waals surface area (Å²) in [6.45, 7) is 13.1. The van der Waals surface area contributed by atoms with Crippen LogP contribution < -0.4 is 0 Å². The molecule has 0 aliphatic rings. The SMILES string of the molecule is CC(C)(C)c1ccnc(-c2[c-]ccc(-c3ccccc3)c2)c1.CC(C)c1ccc(-c2cc[c-]c(-c3ccccn3)c2)cc1.Cc1ccc(-c2[c-]ccc(-c3ccccc3)c2)nc1.[Ir].[Ir].[Ir].[Ir].[c-]1ccc(-c2ccccc2)cc1-c1ccccn1.[c-]1ccccc1-c1ccccn1.[c-]1ccccc1-c1ccccn1. The molecule has 0 spiro atoms. The minimum atomic E-state index is 0. The van der Waals surface area contributed by atoms with Crippen molar-refractivity contribution in [3.8, 4) is 112 Å². The van der Waals surface area contributed by atoms with Crippen LogP contribution in [0.25, 0.3) is 112 Å². The van der Waals surface area contributed by atoms with E-state index in [1.807, 2.05) is 208 Å². The summed E-state index contributed by atoms with van der Waals surface area (Å²) < 4.78 is 0. The summed E-state index contributed by atoms with van der Waals surface area (Å²) in [6, 6.07) is 132. The Morgan fingerprint density at radius 1 is 0.250 bits per heavy atom. The molecule has 6 heterocycles. The van der Waals surface area contributed by atoms with Gasteiger partial charge in [-0.1, -0.05) is 217 Å². The third kappa shape index (κ3) is 26.0. The Hall–Kier alpha value is -10.3. The Morgan fingerprint density at radius 2 is 0.565 bits per heavy atom. The number of hydrogen-bond acceptors (Lipinski definition) is 6. The van der Waals surface area contributed by atoms with E-state index in [0.29, 0.717) is 5.92 Å². The molecule has 0 N–H and O–H groups in total. The predicted octanol–water partition coefficient (Wildman–Crippen LogP) is 24.7. The topological polar surface area (TPSA) is 77.3 Å². The van der Waals surface area contributed by atoms with Gasteiger partial charge in [0.2, 0.25) is 0 Å². The van der Waals surface area contributed by atoms with Crippen molar-refractivity contribution in [1.82, 2.24) is 29.9 Å². The molecule has 0 unspecified atom stereocenters. The Labute approximate surface area is 692 Å².